The van der Waals surface area contributed by atoms with E-state index < -0.39 is 0 Å². The number of rotatable bonds is 7. The molecule has 174 valence electrons. The Balaban J connectivity index is 1.55. The fourth-order valence-corrected chi connectivity index (χ4v) is 4.46. The quantitative estimate of drug-likeness (QED) is 0.575. The molecule has 1 aliphatic heterocycles. The van der Waals surface area contributed by atoms with Crippen molar-refractivity contribution in [2.75, 3.05) is 26.3 Å². The average Bonchev–Trinajstić information content (AvgIpc) is 3.29. The second-order valence-corrected chi connectivity index (χ2v) is 8.63. The summed E-state index contributed by atoms with van der Waals surface area (Å²) in [5.41, 5.74) is 5.61. The van der Waals surface area contributed by atoms with Crippen LogP contribution in [0, 0.1) is 13.8 Å². The number of amides is 2. The van der Waals surface area contributed by atoms with Crippen molar-refractivity contribution in [3.8, 4) is 0 Å². The van der Waals surface area contributed by atoms with E-state index in [0.717, 1.165) is 34.1 Å². The molecule has 1 saturated heterocycles. The van der Waals surface area contributed by atoms with Crippen molar-refractivity contribution in [2.45, 2.75) is 46.1 Å². The van der Waals surface area contributed by atoms with Crippen LogP contribution in [0.25, 0.3) is 10.9 Å². The zero-order valence-corrected chi connectivity index (χ0v) is 19.6. The molecule has 2 N–H and O–H groups in total. The van der Waals surface area contributed by atoms with Crippen molar-refractivity contribution in [3.63, 3.8) is 0 Å². The normalized spacial score (nSPS) is 14.9. The van der Waals surface area contributed by atoms with E-state index in [2.05, 4.69) is 34.3 Å². The highest BCUT2D eigenvalue weighted by Crippen LogP contribution is 2.25. The summed E-state index contributed by atoms with van der Waals surface area (Å²) in [6, 6.07) is 9.62. The third-order valence-corrected chi connectivity index (χ3v) is 6.41. The van der Waals surface area contributed by atoms with Crippen LogP contribution >= 0.6 is 0 Å². The number of aryl methyl sites for hydroxylation is 3. The Hall–Kier alpha value is -3.19. The van der Waals surface area contributed by atoms with Crippen LogP contribution in [0.1, 0.15) is 58.7 Å². The molecule has 1 aliphatic rings. The van der Waals surface area contributed by atoms with Gasteiger partial charge in [0.05, 0.1) is 24.9 Å². The summed E-state index contributed by atoms with van der Waals surface area (Å²) in [4.78, 5) is 35.7. The maximum Gasteiger partial charge on any atom is 0.268 e. The summed E-state index contributed by atoms with van der Waals surface area (Å²) in [6.07, 6.45) is 3.45. The maximum absolute atomic E-state index is 13.3. The van der Waals surface area contributed by atoms with Gasteiger partial charge in [-0.25, -0.2) is 0 Å². The van der Waals surface area contributed by atoms with Crippen LogP contribution in [-0.4, -0.2) is 53.0 Å². The van der Waals surface area contributed by atoms with Crippen LogP contribution in [0.2, 0.25) is 0 Å². The second-order valence-electron chi connectivity index (χ2n) is 8.63. The Kier molecular flexibility index (Phi) is 7.08. The number of benzene rings is 1. The van der Waals surface area contributed by atoms with Crippen LogP contribution in [0.4, 0.5) is 0 Å². The number of nitrogens with zero attached hydrogens (tertiary/aromatic N) is 2. The fourth-order valence-electron chi connectivity index (χ4n) is 4.46. The molecule has 2 amide bonds. The first-order valence-corrected chi connectivity index (χ1v) is 11.7. The van der Waals surface area contributed by atoms with Gasteiger partial charge in [0.2, 0.25) is 5.91 Å². The minimum atomic E-state index is -0.359. The summed E-state index contributed by atoms with van der Waals surface area (Å²) in [5.74, 6) is -0.110. The van der Waals surface area contributed by atoms with E-state index >= 15 is 0 Å². The Morgan fingerprint density at radius 1 is 1.18 bits per heavy atom. The summed E-state index contributed by atoms with van der Waals surface area (Å²) in [5, 5.41) is 4.22. The highest BCUT2D eigenvalue weighted by Gasteiger charge is 2.23. The summed E-state index contributed by atoms with van der Waals surface area (Å²) >= 11 is 0. The van der Waals surface area contributed by atoms with Gasteiger partial charge in [0, 0.05) is 36.6 Å². The zero-order chi connectivity index (χ0) is 23.4. The Morgan fingerprint density at radius 3 is 2.70 bits per heavy atom. The van der Waals surface area contributed by atoms with Crippen molar-refractivity contribution < 1.29 is 14.3 Å². The molecule has 1 fully saturated rings. The molecule has 0 bridgehead atoms. The third kappa shape index (κ3) is 5.09. The number of aromatic nitrogens is 2. The number of aromatic amines is 1. The molecule has 0 saturated carbocycles. The van der Waals surface area contributed by atoms with Crippen LogP contribution in [-0.2, 0) is 16.0 Å². The predicted octanol–water partition coefficient (Wildman–Crippen LogP) is 3.85. The lowest BCUT2D eigenvalue weighted by Crippen LogP contribution is -2.41. The number of H-pyrrole nitrogens is 1. The van der Waals surface area contributed by atoms with Gasteiger partial charge in [0.15, 0.2) is 0 Å². The van der Waals surface area contributed by atoms with E-state index in [1.54, 1.807) is 6.20 Å². The maximum atomic E-state index is 13.3. The highest BCUT2D eigenvalue weighted by atomic mass is 16.5. The standard InChI is InChI=1S/C26H32N4O3/c1-4-19-8-7-18(3)24-20(19)16-22(28-24)26(32)29-21(25-17(2)6-5-11-27-25)9-10-23(31)30-12-14-33-15-13-30/h5-8,11,16,21,28H,4,9-10,12-15H2,1-3H3,(H,29,32). The second kappa shape index (κ2) is 10.2. The molecular formula is C26H32N4O3. The Morgan fingerprint density at radius 2 is 1.97 bits per heavy atom. The Bertz CT molecular complexity index is 1150. The minimum Gasteiger partial charge on any atom is -0.378 e. The number of ether oxygens (including phenoxy) is 1. The third-order valence-electron chi connectivity index (χ3n) is 6.41. The van der Waals surface area contributed by atoms with Crippen molar-refractivity contribution in [1.82, 2.24) is 20.2 Å². The predicted molar refractivity (Wildman–Crippen MR) is 128 cm³/mol. The molecule has 2 aromatic heterocycles. The lowest BCUT2D eigenvalue weighted by molar-refractivity contribution is -0.135. The van der Waals surface area contributed by atoms with Crippen molar-refractivity contribution >= 4 is 22.7 Å². The molecule has 0 aliphatic carbocycles. The van der Waals surface area contributed by atoms with Gasteiger partial charge in [0.25, 0.3) is 5.91 Å². The van der Waals surface area contributed by atoms with Gasteiger partial charge in [-0.05, 0) is 55.5 Å². The van der Waals surface area contributed by atoms with Crippen molar-refractivity contribution in [3.05, 3.63) is 64.6 Å². The zero-order valence-electron chi connectivity index (χ0n) is 19.6. The summed E-state index contributed by atoms with van der Waals surface area (Å²) in [6.45, 7) is 8.51. The smallest absolute Gasteiger partial charge is 0.268 e. The van der Waals surface area contributed by atoms with Gasteiger partial charge in [0.1, 0.15) is 5.69 Å². The van der Waals surface area contributed by atoms with Gasteiger partial charge in [-0.2, -0.15) is 0 Å². The SMILES string of the molecule is CCc1ccc(C)c2[nH]c(C(=O)NC(CCC(=O)N3CCOCC3)c3ncccc3C)cc12. The first kappa shape index (κ1) is 23.0. The van der Waals surface area contributed by atoms with Crippen molar-refractivity contribution in [1.29, 1.82) is 0 Å². The monoisotopic (exact) mass is 448 g/mol. The molecular weight excluding hydrogens is 416 g/mol. The molecule has 0 spiro atoms. The summed E-state index contributed by atoms with van der Waals surface area (Å²) < 4.78 is 5.35. The van der Waals surface area contributed by atoms with Gasteiger partial charge in [-0.1, -0.05) is 25.1 Å². The van der Waals surface area contributed by atoms with Gasteiger partial charge in [-0.3, -0.25) is 14.6 Å². The van der Waals surface area contributed by atoms with Gasteiger partial charge < -0.3 is 19.9 Å². The molecule has 1 aromatic carbocycles. The van der Waals surface area contributed by atoms with Crippen LogP contribution in [0.3, 0.4) is 0 Å². The van der Waals surface area contributed by atoms with Gasteiger partial charge in [-0.15, -0.1) is 0 Å². The molecule has 3 aromatic rings. The number of morpholine rings is 1. The first-order chi connectivity index (χ1) is 16.0. The number of fused-ring (bicyclic) bond motifs is 1. The van der Waals surface area contributed by atoms with E-state index in [0.29, 0.717) is 44.8 Å². The first-order valence-electron chi connectivity index (χ1n) is 11.7. The number of carbonyl (C=O) groups excluding carboxylic acids is 2. The Labute approximate surface area is 194 Å². The van der Waals surface area contributed by atoms with Crippen LogP contribution in [0.15, 0.2) is 36.5 Å². The van der Waals surface area contributed by atoms with E-state index in [-0.39, 0.29) is 17.9 Å². The molecule has 0 radical (unpaired) electrons. The molecule has 3 heterocycles. The van der Waals surface area contributed by atoms with Crippen molar-refractivity contribution in [2.24, 2.45) is 0 Å². The van der Waals surface area contributed by atoms with E-state index in [1.165, 1.54) is 5.56 Å². The van der Waals surface area contributed by atoms with E-state index in [4.69, 9.17) is 4.74 Å². The molecule has 4 rings (SSSR count). The number of pyridine rings is 1. The largest absolute Gasteiger partial charge is 0.378 e. The lowest BCUT2D eigenvalue weighted by atomic mass is 10.0. The van der Waals surface area contributed by atoms with E-state index in [1.807, 2.05) is 36.9 Å². The molecule has 1 atom stereocenters. The average molecular weight is 449 g/mol. The minimum absolute atomic E-state index is 0.0833. The number of hydrogen-bond acceptors (Lipinski definition) is 4. The molecule has 7 nitrogen and oxygen atoms in total. The fraction of sp³-hybridized carbons (Fsp3) is 0.423. The summed E-state index contributed by atoms with van der Waals surface area (Å²) in [7, 11) is 0. The lowest BCUT2D eigenvalue weighted by Gasteiger charge is -2.27. The molecule has 1 unspecified atom stereocenters. The van der Waals surface area contributed by atoms with Crippen LogP contribution in [0.5, 0.6) is 0 Å². The topological polar surface area (TPSA) is 87.3 Å². The molecule has 7 heteroatoms. The van der Waals surface area contributed by atoms with Gasteiger partial charge >= 0.3 is 0 Å². The number of nitrogens with one attached hydrogen (secondary N) is 2. The highest BCUT2D eigenvalue weighted by molar-refractivity contribution is 5.99. The number of carbonyl (C=O) groups is 2. The van der Waals surface area contributed by atoms with Crippen LogP contribution < -0.4 is 5.32 Å². The number of hydrogen-bond donors (Lipinski definition) is 2. The molecule has 33 heavy (non-hydrogen) atoms. The van der Waals surface area contributed by atoms with E-state index in [9.17, 15) is 9.59 Å².